The molecule has 3 rings (SSSR count). The Hall–Kier alpha value is -1.57. The zero-order chi connectivity index (χ0) is 17.2. The summed E-state index contributed by atoms with van der Waals surface area (Å²) in [5.74, 6) is 0. The van der Waals surface area contributed by atoms with E-state index >= 15 is 0 Å². The van der Waals surface area contributed by atoms with Gasteiger partial charge in [0, 0.05) is 42.4 Å². The average Bonchev–Trinajstić information content (AvgIpc) is 3.03. The molecule has 0 radical (unpaired) electrons. The Morgan fingerprint density at radius 1 is 1.04 bits per heavy atom. The Morgan fingerprint density at radius 2 is 1.71 bits per heavy atom. The minimum atomic E-state index is -3.49. The summed E-state index contributed by atoms with van der Waals surface area (Å²) in [6.07, 6.45) is 0. The highest BCUT2D eigenvalue weighted by Gasteiger charge is 2.18. The van der Waals surface area contributed by atoms with Gasteiger partial charge in [-0.2, -0.15) is 0 Å². The number of sulfonamides is 1. The van der Waals surface area contributed by atoms with Crippen molar-refractivity contribution in [3.63, 3.8) is 0 Å². The van der Waals surface area contributed by atoms with Crippen LogP contribution >= 0.6 is 11.3 Å². The predicted molar refractivity (Wildman–Crippen MR) is 101 cm³/mol. The molecule has 1 aromatic heterocycles. The molecule has 5 nitrogen and oxygen atoms in total. The van der Waals surface area contributed by atoms with Gasteiger partial charge in [-0.05, 0) is 49.9 Å². The Balaban J connectivity index is 1.67. The van der Waals surface area contributed by atoms with Crippen molar-refractivity contribution in [2.24, 2.45) is 0 Å². The van der Waals surface area contributed by atoms with Crippen LogP contribution in [0.2, 0.25) is 0 Å². The van der Waals surface area contributed by atoms with Gasteiger partial charge in [0.15, 0.2) is 0 Å². The van der Waals surface area contributed by atoms with Crippen LogP contribution in [0.4, 0.5) is 11.4 Å². The molecule has 1 saturated heterocycles. The number of anilines is 2. The molecule has 0 bridgehead atoms. The molecule has 0 spiro atoms. The zero-order valence-electron chi connectivity index (χ0n) is 14.0. The second-order valence-corrected chi connectivity index (χ2v) is 9.14. The van der Waals surface area contributed by atoms with Gasteiger partial charge in [0.1, 0.15) is 4.21 Å². The number of likely N-dealkylation sites (N-methyl/N-ethyl adjacent to an activating group) is 1. The lowest BCUT2D eigenvalue weighted by Crippen LogP contribution is -2.46. The van der Waals surface area contributed by atoms with Crippen molar-refractivity contribution < 1.29 is 8.42 Å². The molecule has 2 heterocycles. The average molecular weight is 366 g/mol. The minimum Gasteiger partial charge on any atom is -0.369 e. The highest BCUT2D eigenvalue weighted by Crippen LogP contribution is 2.25. The normalized spacial score (nSPS) is 16.3. The van der Waals surface area contributed by atoms with Crippen LogP contribution in [0.3, 0.4) is 0 Å². The van der Waals surface area contributed by atoms with E-state index in [9.17, 15) is 8.42 Å². The molecule has 0 aliphatic carbocycles. The summed E-state index contributed by atoms with van der Waals surface area (Å²) in [6, 6.07) is 11.1. The van der Waals surface area contributed by atoms with E-state index in [2.05, 4.69) is 21.4 Å². The number of hydrogen-bond acceptors (Lipinski definition) is 5. The molecule has 2 aromatic rings. The highest BCUT2D eigenvalue weighted by molar-refractivity contribution is 7.94. The van der Waals surface area contributed by atoms with Gasteiger partial charge in [0.2, 0.25) is 0 Å². The first kappa shape index (κ1) is 17.3. The van der Waals surface area contributed by atoms with E-state index in [1.165, 1.54) is 11.3 Å². The smallest absolute Gasteiger partial charge is 0.271 e. The first-order valence-electron chi connectivity index (χ1n) is 8.14. The zero-order valence-corrected chi connectivity index (χ0v) is 15.7. The van der Waals surface area contributed by atoms with Crippen LogP contribution in [0, 0.1) is 6.92 Å². The lowest BCUT2D eigenvalue weighted by atomic mass is 10.2. The standard InChI is InChI=1S/C17H23N3O2S2/c1-3-19-10-12-20(13-11-19)16-7-5-15(6-8-16)18-24(21,22)17-9-4-14(2)23-17/h4-9,18H,3,10-13H2,1-2H3. The maximum atomic E-state index is 12.4. The van der Waals surface area contributed by atoms with E-state index in [1.54, 1.807) is 6.07 Å². The van der Waals surface area contributed by atoms with E-state index in [-0.39, 0.29) is 0 Å². The second kappa shape index (κ2) is 7.13. The van der Waals surface area contributed by atoms with E-state index < -0.39 is 10.0 Å². The first-order valence-corrected chi connectivity index (χ1v) is 10.4. The van der Waals surface area contributed by atoms with Crippen LogP contribution in [0.5, 0.6) is 0 Å². The summed E-state index contributed by atoms with van der Waals surface area (Å²) < 4.78 is 27.7. The Bertz CT molecular complexity index is 776. The molecule has 0 atom stereocenters. The fourth-order valence-corrected chi connectivity index (χ4v) is 5.17. The molecule has 1 aliphatic rings. The van der Waals surface area contributed by atoms with Crippen molar-refractivity contribution in [2.45, 2.75) is 18.1 Å². The van der Waals surface area contributed by atoms with Gasteiger partial charge in [-0.25, -0.2) is 8.42 Å². The van der Waals surface area contributed by atoms with Gasteiger partial charge >= 0.3 is 0 Å². The SMILES string of the molecule is CCN1CCN(c2ccc(NS(=O)(=O)c3ccc(C)s3)cc2)CC1. The van der Waals surface area contributed by atoms with Crippen LogP contribution in [-0.2, 0) is 10.0 Å². The fourth-order valence-electron chi connectivity index (χ4n) is 2.82. The van der Waals surface area contributed by atoms with E-state index in [0.717, 1.165) is 43.3 Å². The largest absolute Gasteiger partial charge is 0.369 e. The lowest BCUT2D eigenvalue weighted by Gasteiger charge is -2.35. The fraction of sp³-hybridized carbons (Fsp3) is 0.412. The predicted octanol–water partition coefficient (Wildman–Crippen LogP) is 3.00. The number of hydrogen-bond donors (Lipinski definition) is 1. The molecule has 0 unspecified atom stereocenters. The monoisotopic (exact) mass is 365 g/mol. The molecule has 130 valence electrons. The Kier molecular flexibility index (Phi) is 5.12. The molecule has 24 heavy (non-hydrogen) atoms. The van der Waals surface area contributed by atoms with E-state index in [4.69, 9.17) is 0 Å². The Labute approximate surface area is 148 Å². The summed E-state index contributed by atoms with van der Waals surface area (Å²) in [6.45, 7) is 9.34. The number of aryl methyl sites for hydroxylation is 1. The maximum absolute atomic E-state index is 12.4. The summed E-state index contributed by atoms with van der Waals surface area (Å²) in [5, 5.41) is 0. The number of piperazine rings is 1. The van der Waals surface area contributed by atoms with Gasteiger partial charge in [-0.3, -0.25) is 4.72 Å². The van der Waals surface area contributed by atoms with Crippen LogP contribution < -0.4 is 9.62 Å². The number of nitrogens with zero attached hydrogens (tertiary/aromatic N) is 2. The second-order valence-electron chi connectivity index (χ2n) is 5.94. The highest BCUT2D eigenvalue weighted by atomic mass is 32.2. The van der Waals surface area contributed by atoms with Gasteiger partial charge in [-0.15, -0.1) is 11.3 Å². The van der Waals surface area contributed by atoms with Gasteiger partial charge < -0.3 is 9.80 Å². The molecular formula is C17H23N3O2S2. The molecule has 0 saturated carbocycles. The van der Waals surface area contributed by atoms with Crippen LogP contribution in [-0.4, -0.2) is 46.0 Å². The van der Waals surface area contributed by atoms with Crippen LogP contribution in [0.25, 0.3) is 0 Å². The van der Waals surface area contributed by atoms with Gasteiger partial charge in [-0.1, -0.05) is 6.92 Å². The van der Waals surface area contributed by atoms with Crippen molar-refractivity contribution >= 4 is 32.7 Å². The molecule has 1 N–H and O–H groups in total. The summed E-state index contributed by atoms with van der Waals surface area (Å²) in [4.78, 5) is 5.76. The molecule has 1 aromatic carbocycles. The summed E-state index contributed by atoms with van der Waals surface area (Å²) in [7, 11) is -3.49. The quantitative estimate of drug-likeness (QED) is 0.885. The van der Waals surface area contributed by atoms with E-state index in [0.29, 0.717) is 9.90 Å². The third kappa shape index (κ3) is 3.91. The number of benzene rings is 1. The van der Waals surface area contributed by atoms with Gasteiger partial charge in [0.05, 0.1) is 0 Å². The summed E-state index contributed by atoms with van der Waals surface area (Å²) >= 11 is 1.28. The van der Waals surface area contributed by atoms with E-state index in [1.807, 2.05) is 37.3 Å². The van der Waals surface area contributed by atoms with Crippen molar-refractivity contribution in [2.75, 3.05) is 42.3 Å². The molecular weight excluding hydrogens is 342 g/mol. The third-order valence-corrected chi connectivity index (χ3v) is 7.16. The topological polar surface area (TPSA) is 52.6 Å². The van der Waals surface area contributed by atoms with Crippen molar-refractivity contribution in [1.82, 2.24) is 4.90 Å². The molecule has 7 heteroatoms. The number of thiophene rings is 1. The van der Waals surface area contributed by atoms with Gasteiger partial charge in [0.25, 0.3) is 10.0 Å². The first-order chi connectivity index (χ1) is 11.5. The number of nitrogens with one attached hydrogen (secondary N) is 1. The maximum Gasteiger partial charge on any atom is 0.271 e. The van der Waals surface area contributed by atoms with Crippen LogP contribution in [0.15, 0.2) is 40.6 Å². The summed E-state index contributed by atoms with van der Waals surface area (Å²) in [5.41, 5.74) is 1.73. The van der Waals surface area contributed by atoms with Crippen LogP contribution in [0.1, 0.15) is 11.8 Å². The molecule has 0 amide bonds. The molecule has 1 aliphatic heterocycles. The molecule has 1 fully saturated rings. The minimum absolute atomic E-state index is 0.347. The third-order valence-electron chi connectivity index (χ3n) is 4.28. The van der Waals surface area contributed by atoms with Crippen molar-refractivity contribution in [1.29, 1.82) is 0 Å². The lowest BCUT2D eigenvalue weighted by molar-refractivity contribution is 0.271. The van der Waals surface area contributed by atoms with Crippen molar-refractivity contribution in [3.05, 3.63) is 41.3 Å². The number of rotatable bonds is 5. The van der Waals surface area contributed by atoms with Crippen molar-refractivity contribution in [3.8, 4) is 0 Å². The Morgan fingerprint density at radius 3 is 2.25 bits per heavy atom.